The monoisotopic (exact) mass is 251 g/mol. The summed E-state index contributed by atoms with van der Waals surface area (Å²) in [5.74, 6) is 1.31. The molecule has 0 radical (unpaired) electrons. The first kappa shape index (κ1) is 8.53. The van der Waals surface area contributed by atoms with Gasteiger partial charge in [-0.1, -0.05) is 19.9 Å². The van der Waals surface area contributed by atoms with Crippen LogP contribution in [0.3, 0.4) is 0 Å². The summed E-state index contributed by atoms with van der Waals surface area (Å²) in [7, 11) is 0. The molecule has 2 heteroatoms. The highest BCUT2D eigenvalue weighted by Gasteiger charge is 2.23. The third kappa shape index (κ3) is 1.72. The fourth-order valence-electron chi connectivity index (χ4n) is 1.31. The quantitative estimate of drug-likeness (QED) is 0.657. The smallest absolute Gasteiger partial charge is 0.0115 e. The molecular formula is C8H14IN. The van der Waals surface area contributed by atoms with Gasteiger partial charge in [-0.15, -0.1) is 0 Å². The molecule has 1 nitrogen and oxygen atoms in total. The number of hydrogen-bond donors (Lipinski definition) is 1. The zero-order valence-corrected chi connectivity index (χ0v) is 8.63. The average Bonchev–Trinajstić information content (AvgIpc) is 1.82. The van der Waals surface area contributed by atoms with Gasteiger partial charge in [-0.3, -0.25) is 0 Å². The second-order valence-corrected chi connectivity index (χ2v) is 4.59. The van der Waals surface area contributed by atoms with E-state index < -0.39 is 0 Å². The molecule has 2 N–H and O–H groups in total. The molecule has 3 unspecified atom stereocenters. The molecule has 3 atom stereocenters. The summed E-state index contributed by atoms with van der Waals surface area (Å²) in [4.78, 5) is 0. The largest absolute Gasteiger partial charge is 0.327 e. The second-order valence-electron chi connectivity index (χ2n) is 3.20. The van der Waals surface area contributed by atoms with Crippen LogP contribution < -0.4 is 5.73 Å². The van der Waals surface area contributed by atoms with Gasteiger partial charge < -0.3 is 5.73 Å². The molecule has 0 aliphatic heterocycles. The molecule has 0 heterocycles. The Hall–Kier alpha value is 0.430. The summed E-state index contributed by atoms with van der Waals surface area (Å²) in [5, 5.41) is 0. The molecule has 0 fully saturated rings. The molecule has 0 saturated heterocycles. The number of allylic oxidation sites excluding steroid dienone is 1. The Balaban J connectivity index is 2.69. The first-order chi connectivity index (χ1) is 4.61. The third-order valence-electron chi connectivity index (χ3n) is 2.38. The van der Waals surface area contributed by atoms with Crippen LogP contribution in [0.15, 0.2) is 9.66 Å². The molecule has 0 aromatic heterocycles. The summed E-state index contributed by atoms with van der Waals surface area (Å²) in [6.07, 6.45) is 3.40. The van der Waals surface area contributed by atoms with Crippen LogP contribution in [-0.2, 0) is 0 Å². The number of hydrogen-bond acceptors (Lipinski definition) is 1. The van der Waals surface area contributed by atoms with Crippen LogP contribution in [0.2, 0.25) is 0 Å². The first-order valence-corrected chi connectivity index (χ1v) is 4.81. The van der Waals surface area contributed by atoms with E-state index in [1.165, 1.54) is 3.58 Å². The lowest BCUT2D eigenvalue weighted by molar-refractivity contribution is 0.358. The Morgan fingerprint density at radius 2 is 2.20 bits per heavy atom. The molecule has 0 bridgehead atoms. The molecular weight excluding hydrogens is 237 g/mol. The fourth-order valence-corrected chi connectivity index (χ4v) is 2.38. The van der Waals surface area contributed by atoms with Gasteiger partial charge in [0.25, 0.3) is 0 Å². The van der Waals surface area contributed by atoms with Gasteiger partial charge in [0, 0.05) is 6.04 Å². The minimum atomic E-state index is 0.381. The average molecular weight is 251 g/mol. The van der Waals surface area contributed by atoms with Crippen LogP contribution in [-0.4, -0.2) is 6.04 Å². The normalized spacial score (nSPS) is 41.2. The van der Waals surface area contributed by atoms with Crippen molar-refractivity contribution in [2.75, 3.05) is 0 Å². The van der Waals surface area contributed by atoms with Gasteiger partial charge in [-0.05, 0) is 44.4 Å². The van der Waals surface area contributed by atoms with Crippen molar-refractivity contribution in [3.05, 3.63) is 9.66 Å². The SMILES string of the molecule is CC1C=C(I)CC(N)C1C. The summed E-state index contributed by atoms with van der Waals surface area (Å²) in [6, 6.07) is 0.381. The molecule has 1 rings (SSSR count). The Morgan fingerprint density at radius 1 is 1.60 bits per heavy atom. The van der Waals surface area contributed by atoms with E-state index in [0.717, 1.165) is 6.42 Å². The van der Waals surface area contributed by atoms with Crippen molar-refractivity contribution < 1.29 is 0 Å². The zero-order chi connectivity index (χ0) is 7.72. The standard InChI is InChI=1S/C8H14IN/c1-5-3-7(9)4-8(10)6(5)2/h3,5-6,8H,4,10H2,1-2H3. The van der Waals surface area contributed by atoms with Gasteiger partial charge >= 0.3 is 0 Å². The van der Waals surface area contributed by atoms with Gasteiger partial charge in [-0.25, -0.2) is 0 Å². The number of halogens is 1. The van der Waals surface area contributed by atoms with E-state index in [9.17, 15) is 0 Å². The molecule has 1 aliphatic rings. The van der Waals surface area contributed by atoms with Crippen molar-refractivity contribution in [2.24, 2.45) is 17.6 Å². The topological polar surface area (TPSA) is 26.0 Å². The van der Waals surface area contributed by atoms with E-state index in [1.807, 2.05) is 0 Å². The van der Waals surface area contributed by atoms with Crippen LogP contribution in [0.1, 0.15) is 20.3 Å². The summed E-state index contributed by atoms with van der Waals surface area (Å²) >= 11 is 2.38. The van der Waals surface area contributed by atoms with Crippen molar-refractivity contribution in [2.45, 2.75) is 26.3 Å². The lowest BCUT2D eigenvalue weighted by Gasteiger charge is -2.28. The van der Waals surface area contributed by atoms with Crippen LogP contribution in [0.5, 0.6) is 0 Å². The maximum Gasteiger partial charge on any atom is 0.0115 e. The highest BCUT2D eigenvalue weighted by atomic mass is 127. The second kappa shape index (κ2) is 3.22. The highest BCUT2D eigenvalue weighted by Crippen LogP contribution is 2.30. The van der Waals surface area contributed by atoms with Crippen molar-refractivity contribution in [1.29, 1.82) is 0 Å². The number of rotatable bonds is 0. The molecule has 10 heavy (non-hydrogen) atoms. The van der Waals surface area contributed by atoms with Crippen molar-refractivity contribution in [3.8, 4) is 0 Å². The minimum absolute atomic E-state index is 0.381. The third-order valence-corrected chi connectivity index (χ3v) is 3.18. The lowest BCUT2D eigenvalue weighted by Crippen LogP contribution is -2.34. The molecule has 0 aromatic carbocycles. The molecule has 1 aliphatic carbocycles. The van der Waals surface area contributed by atoms with E-state index in [2.05, 4.69) is 42.5 Å². The minimum Gasteiger partial charge on any atom is -0.327 e. The van der Waals surface area contributed by atoms with Crippen molar-refractivity contribution in [3.63, 3.8) is 0 Å². The van der Waals surface area contributed by atoms with Crippen LogP contribution in [0.25, 0.3) is 0 Å². The molecule has 0 aromatic rings. The Kier molecular flexibility index (Phi) is 2.74. The Labute approximate surface area is 76.2 Å². The maximum atomic E-state index is 5.91. The van der Waals surface area contributed by atoms with E-state index in [0.29, 0.717) is 17.9 Å². The molecule has 0 spiro atoms. The Bertz CT molecular complexity index is 153. The van der Waals surface area contributed by atoms with E-state index in [-0.39, 0.29) is 0 Å². The predicted octanol–water partition coefficient (Wildman–Crippen LogP) is 2.31. The van der Waals surface area contributed by atoms with Crippen molar-refractivity contribution in [1.82, 2.24) is 0 Å². The van der Waals surface area contributed by atoms with Gasteiger partial charge in [0.2, 0.25) is 0 Å². The zero-order valence-electron chi connectivity index (χ0n) is 6.47. The summed E-state index contributed by atoms with van der Waals surface area (Å²) in [6.45, 7) is 4.47. The van der Waals surface area contributed by atoms with Crippen molar-refractivity contribution >= 4 is 22.6 Å². The fraction of sp³-hybridized carbons (Fsp3) is 0.750. The Morgan fingerprint density at radius 3 is 2.70 bits per heavy atom. The van der Waals surface area contributed by atoms with Gasteiger partial charge in [-0.2, -0.15) is 0 Å². The van der Waals surface area contributed by atoms with Gasteiger partial charge in [0.05, 0.1) is 0 Å². The summed E-state index contributed by atoms with van der Waals surface area (Å²) in [5.41, 5.74) is 5.91. The lowest BCUT2D eigenvalue weighted by atomic mass is 9.83. The summed E-state index contributed by atoms with van der Waals surface area (Å²) < 4.78 is 1.43. The van der Waals surface area contributed by atoms with Crippen LogP contribution in [0.4, 0.5) is 0 Å². The van der Waals surface area contributed by atoms with Crippen LogP contribution >= 0.6 is 22.6 Å². The van der Waals surface area contributed by atoms with E-state index >= 15 is 0 Å². The van der Waals surface area contributed by atoms with Crippen LogP contribution in [0, 0.1) is 11.8 Å². The van der Waals surface area contributed by atoms with E-state index in [4.69, 9.17) is 5.73 Å². The highest BCUT2D eigenvalue weighted by molar-refractivity contribution is 14.1. The van der Waals surface area contributed by atoms with E-state index in [1.54, 1.807) is 0 Å². The number of nitrogens with two attached hydrogens (primary N) is 1. The molecule has 0 amide bonds. The van der Waals surface area contributed by atoms with Gasteiger partial charge in [0.1, 0.15) is 0 Å². The maximum absolute atomic E-state index is 5.91. The van der Waals surface area contributed by atoms with Gasteiger partial charge in [0.15, 0.2) is 0 Å². The predicted molar refractivity (Wildman–Crippen MR) is 53.0 cm³/mol. The molecule has 0 saturated carbocycles. The molecule has 58 valence electrons. The first-order valence-electron chi connectivity index (χ1n) is 3.73.